The third-order valence-corrected chi connectivity index (χ3v) is 9.34. The van der Waals surface area contributed by atoms with E-state index in [9.17, 15) is 0 Å². The van der Waals surface area contributed by atoms with Gasteiger partial charge in [-0.25, -0.2) is 0 Å². The van der Waals surface area contributed by atoms with Gasteiger partial charge in [-0.1, -0.05) is 127 Å². The SMILES string of the molecule is CCCCCCCCCc1cc2c(ccc3c2ccc2c4ccc5oc(CCCCCCCCC)cc5c4ccc32)o1. The van der Waals surface area contributed by atoms with Crippen LogP contribution in [-0.2, 0) is 12.8 Å². The summed E-state index contributed by atoms with van der Waals surface area (Å²) >= 11 is 0. The molecule has 2 aromatic heterocycles. The van der Waals surface area contributed by atoms with Gasteiger partial charge in [-0.05, 0) is 69.4 Å². The molecule has 2 heteroatoms. The van der Waals surface area contributed by atoms with E-state index >= 15 is 0 Å². The zero-order valence-corrected chi connectivity index (χ0v) is 25.9. The molecule has 6 aromatic rings. The first-order valence-electron chi connectivity index (χ1n) is 17.0. The highest BCUT2D eigenvalue weighted by molar-refractivity contribution is 6.24. The zero-order valence-electron chi connectivity index (χ0n) is 25.9. The number of benzene rings is 4. The summed E-state index contributed by atoms with van der Waals surface area (Å²) in [5.74, 6) is 2.25. The molecule has 0 radical (unpaired) electrons. The summed E-state index contributed by atoms with van der Waals surface area (Å²) in [4.78, 5) is 0. The molecular formula is C40H48O2. The zero-order chi connectivity index (χ0) is 28.7. The standard InChI is InChI=1S/C40H48O2/c1-3-5-7-9-11-13-15-17-29-27-37-35-21-19-32-31(33(35)23-25-39(37)41-29)20-22-36-34(32)24-26-40-38(36)28-30(42-40)18-16-14-12-10-8-6-4-2/h19-28H,3-18H2,1-2H3. The van der Waals surface area contributed by atoms with Crippen LogP contribution in [0.4, 0.5) is 0 Å². The lowest BCUT2D eigenvalue weighted by Gasteiger charge is -2.08. The highest BCUT2D eigenvalue weighted by Gasteiger charge is 2.13. The van der Waals surface area contributed by atoms with Crippen molar-refractivity contribution in [2.45, 2.75) is 117 Å². The molecule has 2 heterocycles. The Morgan fingerprint density at radius 2 is 0.667 bits per heavy atom. The van der Waals surface area contributed by atoms with Gasteiger partial charge in [-0.15, -0.1) is 0 Å². The number of hydrogen-bond donors (Lipinski definition) is 0. The first-order chi connectivity index (χ1) is 20.8. The van der Waals surface area contributed by atoms with Crippen molar-refractivity contribution in [2.75, 3.05) is 0 Å². The van der Waals surface area contributed by atoms with Crippen LogP contribution in [0.1, 0.15) is 115 Å². The van der Waals surface area contributed by atoms with Gasteiger partial charge in [0.2, 0.25) is 0 Å². The fourth-order valence-corrected chi connectivity index (χ4v) is 6.94. The Hall–Kier alpha value is -3.26. The maximum atomic E-state index is 6.30. The molecule has 2 nitrogen and oxygen atoms in total. The van der Waals surface area contributed by atoms with Crippen molar-refractivity contribution in [1.82, 2.24) is 0 Å². The summed E-state index contributed by atoms with van der Waals surface area (Å²) in [7, 11) is 0. The summed E-state index contributed by atoms with van der Waals surface area (Å²) in [5.41, 5.74) is 2.02. The molecule has 0 unspecified atom stereocenters. The molecule has 0 aliphatic rings. The predicted molar refractivity (Wildman–Crippen MR) is 182 cm³/mol. The van der Waals surface area contributed by atoms with E-state index in [1.165, 1.54) is 133 Å². The lowest BCUT2D eigenvalue weighted by Crippen LogP contribution is -1.84. The largest absolute Gasteiger partial charge is 0.461 e. The van der Waals surface area contributed by atoms with Gasteiger partial charge in [0.05, 0.1) is 0 Å². The Labute approximate surface area is 251 Å². The van der Waals surface area contributed by atoms with Crippen LogP contribution in [0.5, 0.6) is 0 Å². The van der Waals surface area contributed by atoms with Crippen LogP contribution < -0.4 is 0 Å². The smallest absolute Gasteiger partial charge is 0.134 e. The van der Waals surface area contributed by atoms with Gasteiger partial charge >= 0.3 is 0 Å². The minimum absolute atomic E-state index is 1.01. The molecule has 0 atom stereocenters. The van der Waals surface area contributed by atoms with Crippen molar-refractivity contribution >= 4 is 54.3 Å². The van der Waals surface area contributed by atoms with Gasteiger partial charge in [0, 0.05) is 23.6 Å². The normalized spacial score (nSPS) is 12.1. The lowest BCUT2D eigenvalue weighted by atomic mass is 9.94. The number of fused-ring (bicyclic) bond motifs is 9. The van der Waals surface area contributed by atoms with Crippen LogP contribution in [0.15, 0.2) is 69.5 Å². The van der Waals surface area contributed by atoms with Gasteiger partial charge in [-0.2, -0.15) is 0 Å². The second kappa shape index (κ2) is 13.8. The average molecular weight is 561 g/mol. The average Bonchev–Trinajstić information content (AvgIpc) is 3.63. The number of aryl methyl sites for hydroxylation is 2. The quantitative estimate of drug-likeness (QED) is 0.0869. The van der Waals surface area contributed by atoms with Crippen molar-refractivity contribution in [1.29, 1.82) is 0 Å². The minimum Gasteiger partial charge on any atom is -0.461 e. The van der Waals surface area contributed by atoms with E-state index < -0.39 is 0 Å². The maximum absolute atomic E-state index is 6.30. The molecule has 0 saturated heterocycles. The van der Waals surface area contributed by atoms with E-state index in [1.807, 2.05) is 0 Å². The van der Waals surface area contributed by atoms with Gasteiger partial charge < -0.3 is 8.83 Å². The Morgan fingerprint density at radius 1 is 0.357 bits per heavy atom. The van der Waals surface area contributed by atoms with E-state index in [0.717, 1.165) is 35.5 Å². The minimum atomic E-state index is 1.01. The molecule has 6 rings (SSSR count). The predicted octanol–water partition coefficient (Wildman–Crippen LogP) is 13.2. The van der Waals surface area contributed by atoms with Crippen LogP contribution >= 0.6 is 0 Å². The Bertz CT molecular complexity index is 1630. The number of unbranched alkanes of at least 4 members (excludes halogenated alkanes) is 12. The second-order valence-electron chi connectivity index (χ2n) is 12.5. The van der Waals surface area contributed by atoms with Crippen LogP contribution in [0.2, 0.25) is 0 Å². The van der Waals surface area contributed by atoms with E-state index in [-0.39, 0.29) is 0 Å². The Kier molecular flexibility index (Phi) is 9.48. The third kappa shape index (κ3) is 6.24. The summed E-state index contributed by atoms with van der Waals surface area (Å²) in [5, 5.41) is 10.3. The molecular weight excluding hydrogens is 512 g/mol. The van der Waals surface area contributed by atoms with E-state index in [1.54, 1.807) is 0 Å². The molecule has 0 amide bonds. The second-order valence-corrected chi connectivity index (χ2v) is 12.5. The number of hydrogen-bond acceptors (Lipinski definition) is 2. The van der Waals surface area contributed by atoms with Crippen molar-refractivity contribution in [2.24, 2.45) is 0 Å². The van der Waals surface area contributed by atoms with Crippen molar-refractivity contribution in [3.63, 3.8) is 0 Å². The molecule has 0 saturated carbocycles. The van der Waals surface area contributed by atoms with Crippen LogP contribution in [0, 0.1) is 0 Å². The molecule has 0 bridgehead atoms. The molecule has 220 valence electrons. The van der Waals surface area contributed by atoms with Crippen LogP contribution in [0.25, 0.3) is 54.3 Å². The number of furan rings is 2. The molecule has 42 heavy (non-hydrogen) atoms. The van der Waals surface area contributed by atoms with Crippen LogP contribution in [-0.4, -0.2) is 0 Å². The monoisotopic (exact) mass is 560 g/mol. The summed E-state index contributed by atoms with van der Waals surface area (Å²) < 4.78 is 12.6. The van der Waals surface area contributed by atoms with Crippen molar-refractivity contribution in [3.8, 4) is 0 Å². The highest BCUT2D eigenvalue weighted by Crippen LogP contribution is 2.38. The Balaban J connectivity index is 1.21. The molecule has 0 N–H and O–H groups in total. The fraction of sp³-hybridized carbons (Fsp3) is 0.450. The molecule has 0 aliphatic heterocycles. The van der Waals surface area contributed by atoms with Gasteiger partial charge in [-0.3, -0.25) is 0 Å². The topological polar surface area (TPSA) is 26.3 Å². The summed E-state index contributed by atoms with van der Waals surface area (Å²) in [6.45, 7) is 4.56. The van der Waals surface area contributed by atoms with Crippen molar-refractivity contribution < 1.29 is 8.83 Å². The van der Waals surface area contributed by atoms with E-state index in [2.05, 4.69) is 74.5 Å². The van der Waals surface area contributed by atoms with E-state index in [0.29, 0.717) is 0 Å². The first-order valence-corrected chi connectivity index (χ1v) is 17.0. The maximum Gasteiger partial charge on any atom is 0.134 e. The van der Waals surface area contributed by atoms with E-state index in [4.69, 9.17) is 8.83 Å². The summed E-state index contributed by atoms with van der Waals surface area (Å²) in [6.07, 6.45) is 20.6. The number of rotatable bonds is 16. The Morgan fingerprint density at radius 3 is 1.05 bits per heavy atom. The lowest BCUT2D eigenvalue weighted by molar-refractivity contribution is 0.519. The third-order valence-electron chi connectivity index (χ3n) is 9.34. The van der Waals surface area contributed by atoms with Gasteiger partial charge in [0.25, 0.3) is 0 Å². The van der Waals surface area contributed by atoms with Crippen molar-refractivity contribution in [3.05, 3.63) is 72.2 Å². The molecule has 4 aromatic carbocycles. The molecule has 0 fully saturated rings. The first kappa shape index (κ1) is 28.8. The van der Waals surface area contributed by atoms with Gasteiger partial charge in [0.15, 0.2) is 0 Å². The van der Waals surface area contributed by atoms with Crippen LogP contribution in [0.3, 0.4) is 0 Å². The highest BCUT2D eigenvalue weighted by atomic mass is 16.3. The fourth-order valence-electron chi connectivity index (χ4n) is 6.94. The van der Waals surface area contributed by atoms with Gasteiger partial charge in [0.1, 0.15) is 22.7 Å². The molecule has 0 aliphatic carbocycles. The summed E-state index contributed by atoms with van der Waals surface area (Å²) in [6, 6.07) is 22.7. The molecule has 0 spiro atoms.